The number of rotatable bonds is 8. The van der Waals surface area contributed by atoms with E-state index < -0.39 is 0 Å². The SMILES string of the molecule is C=N/C(=C\C=C/CC1=CCCCC1)c1ccc2[nH]c(CN3CCCC3CO)cc2c1. The standard InChI is InChI=1S/C26H33N3O/c1-27-25(12-6-5-10-20-8-3-2-4-9-20)21-13-14-26-22(16-21)17-23(28-26)18-29-15-7-11-24(29)19-30/h5-6,8,12-14,16-17,24,28,30H,1-4,7,9-11,15,18-19H2/b6-5-,25-12-. The maximum absolute atomic E-state index is 9.56. The zero-order valence-electron chi connectivity index (χ0n) is 17.8. The summed E-state index contributed by atoms with van der Waals surface area (Å²) in [4.78, 5) is 10.2. The van der Waals surface area contributed by atoms with Gasteiger partial charge < -0.3 is 10.1 Å². The second kappa shape index (κ2) is 10.1. The second-order valence-corrected chi connectivity index (χ2v) is 8.50. The van der Waals surface area contributed by atoms with Crippen LogP contribution < -0.4 is 0 Å². The number of H-pyrrole nitrogens is 1. The maximum Gasteiger partial charge on any atom is 0.0694 e. The topological polar surface area (TPSA) is 51.6 Å². The zero-order valence-corrected chi connectivity index (χ0v) is 17.8. The first-order valence-electron chi connectivity index (χ1n) is 11.2. The van der Waals surface area contributed by atoms with Crippen LogP contribution in [0.25, 0.3) is 16.6 Å². The van der Waals surface area contributed by atoms with Gasteiger partial charge in [0.2, 0.25) is 0 Å². The summed E-state index contributed by atoms with van der Waals surface area (Å²) in [5.41, 5.74) is 5.87. The van der Waals surface area contributed by atoms with Gasteiger partial charge in [-0.05, 0) is 82.5 Å². The largest absolute Gasteiger partial charge is 0.395 e. The van der Waals surface area contributed by atoms with E-state index in [9.17, 15) is 5.11 Å². The normalized spacial score (nSPS) is 20.9. The van der Waals surface area contributed by atoms with Crippen LogP contribution >= 0.6 is 0 Å². The molecule has 0 saturated carbocycles. The molecule has 0 amide bonds. The highest BCUT2D eigenvalue weighted by Gasteiger charge is 2.24. The van der Waals surface area contributed by atoms with E-state index in [1.807, 2.05) is 0 Å². The molecule has 1 unspecified atom stereocenters. The van der Waals surface area contributed by atoms with E-state index in [-0.39, 0.29) is 6.61 Å². The third-order valence-electron chi connectivity index (χ3n) is 6.38. The van der Waals surface area contributed by atoms with Crippen molar-refractivity contribution in [3.05, 3.63) is 65.4 Å². The highest BCUT2D eigenvalue weighted by atomic mass is 16.3. The monoisotopic (exact) mass is 403 g/mol. The number of aliphatic hydroxyl groups is 1. The van der Waals surface area contributed by atoms with Gasteiger partial charge in [-0.15, -0.1) is 0 Å². The quantitative estimate of drug-likeness (QED) is 0.342. The summed E-state index contributed by atoms with van der Waals surface area (Å²) < 4.78 is 0. The Balaban J connectivity index is 1.45. The lowest BCUT2D eigenvalue weighted by molar-refractivity contribution is 0.152. The first-order chi connectivity index (χ1) is 14.8. The van der Waals surface area contributed by atoms with Gasteiger partial charge in [0.1, 0.15) is 0 Å². The van der Waals surface area contributed by atoms with E-state index >= 15 is 0 Å². The molecule has 4 nitrogen and oxygen atoms in total. The third kappa shape index (κ3) is 5.00. The molecule has 2 N–H and O–H groups in total. The molecule has 2 aliphatic rings. The van der Waals surface area contributed by atoms with Crippen molar-refractivity contribution in [2.75, 3.05) is 13.2 Å². The lowest BCUT2D eigenvalue weighted by Gasteiger charge is -2.21. The van der Waals surface area contributed by atoms with Crippen LogP contribution in [-0.4, -0.2) is 40.9 Å². The number of fused-ring (bicyclic) bond motifs is 1. The molecule has 4 rings (SSSR count). The summed E-state index contributed by atoms with van der Waals surface area (Å²) in [5, 5.41) is 10.7. The summed E-state index contributed by atoms with van der Waals surface area (Å²) in [7, 11) is 0. The van der Waals surface area contributed by atoms with Crippen LogP contribution in [0, 0.1) is 0 Å². The fourth-order valence-corrected chi connectivity index (χ4v) is 4.67. The molecule has 1 aliphatic heterocycles. The molecule has 1 atom stereocenters. The van der Waals surface area contributed by atoms with Crippen molar-refractivity contribution < 1.29 is 5.11 Å². The Kier molecular flexibility index (Phi) is 6.98. The van der Waals surface area contributed by atoms with Crippen molar-refractivity contribution >= 4 is 23.3 Å². The van der Waals surface area contributed by atoms with Gasteiger partial charge in [-0.3, -0.25) is 9.89 Å². The van der Waals surface area contributed by atoms with Crippen LogP contribution in [0.2, 0.25) is 0 Å². The molecule has 1 aliphatic carbocycles. The lowest BCUT2D eigenvalue weighted by atomic mass is 9.97. The van der Waals surface area contributed by atoms with E-state index in [0.717, 1.165) is 42.7 Å². The number of nitrogens with zero attached hydrogens (tertiary/aromatic N) is 2. The average molecular weight is 404 g/mol. The van der Waals surface area contributed by atoms with E-state index in [4.69, 9.17) is 0 Å². The molecule has 1 aromatic heterocycles. The molecule has 1 fully saturated rings. The number of nitrogens with one attached hydrogen (secondary N) is 1. The lowest BCUT2D eigenvalue weighted by Crippen LogP contribution is -2.31. The molecule has 4 heteroatoms. The van der Waals surface area contributed by atoms with Crippen molar-refractivity contribution in [3.63, 3.8) is 0 Å². The van der Waals surface area contributed by atoms with Crippen LogP contribution in [0.15, 0.2) is 59.1 Å². The van der Waals surface area contributed by atoms with Crippen molar-refractivity contribution in [3.8, 4) is 0 Å². The Labute approximate surface area is 179 Å². The number of aliphatic imine (C=N–C) groups is 1. The second-order valence-electron chi connectivity index (χ2n) is 8.50. The van der Waals surface area contributed by atoms with Gasteiger partial charge in [-0.2, -0.15) is 0 Å². The number of likely N-dealkylation sites (tertiary alicyclic amines) is 1. The van der Waals surface area contributed by atoms with Gasteiger partial charge in [-0.1, -0.05) is 29.9 Å². The molecule has 0 bridgehead atoms. The number of benzene rings is 1. The van der Waals surface area contributed by atoms with Gasteiger partial charge in [-0.25, -0.2) is 0 Å². The molecular formula is C26H33N3O. The zero-order chi connectivity index (χ0) is 20.8. The van der Waals surface area contributed by atoms with Crippen molar-refractivity contribution in [1.82, 2.24) is 9.88 Å². The van der Waals surface area contributed by atoms with Crippen molar-refractivity contribution in [2.45, 2.75) is 57.5 Å². The minimum atomic E-state index is 0.244. The average Bonchev–Trinajstić information content (AvgIpc) is 3.40. The minimum Gasteiger partial charge on any atom is -0.395 e. The molecule has 2 aromatic rings. The Bertz CT molecular complexity index is 966. The molecular weight excluding hydrogens is 370 g/mol. The molecule has 2 heterocycles. The van der Waals surface area contributed by atoms with Crippen molar-refractivity contribution in [2.24, 2.45) is 4.99 Å². The predicted octanol–water partition coefficient (Wildman–Crippen LogP) is 5.61. The minimum absolute atomic E-state index is 0.244. The summed E-state index contributed by atoms with van der Waals surface area (Å²) in [5.74, 6) is 0. The number of allylic oxidation sites excluding steroid dienone is 5. The molecule has 30 heavy (non-hydrogen) atoms. The van der Waals surface area contributed by atoms with E-state index in [1.165, 1.54) is 43.2 Å². The molecule has 0 radical (unpaired) electrons. The summed E-state index contributed by atoms with van der Waals surface area (Å²) in [6, 6.07) is 8.92. The third-order valence-corrected chi connectivity index (χ3v) is 6.38. The van der Waals surface area contributed by atoms with Gasteiger partial charge in [0.15, 0.2) is 0 Å². The molecule has 1 saturated heterocycles. The van der Waals surface area contributed by atoms with Gasteiger partial charge in [0.05, 0.1) is 12.3 Å². The van der Waals surface area contributed by atoms with Crippen LogP contribution in [0.4, 0.5) is 0 Å². The Morgan fingerprint density at radius 3 is 3.00 bits per heavy atom. The van der Waals surface area contributed by atoms with E-state index in [1.54, 1.807) is 5.57 Å². The van der Waals surface area contributed by atoms with Gasteiger partial charge in [0.25, 0.3) is 0 Å². The number of hydrogen-bond donors (Lipinski definition) is 2. The summed E-state index contributed by atoms with van der Waals surface area (Å²) >= 11 is 0. The van der Waals surface area contributed by atoms with Crippen LogP contribution in [0.1, 0.15) is 56.2 Å². The number of aliphatic hydroxyl groups excluding tert-OH is 1. The maximum atomic E-state index is 9.56. The predicted molar refractivity (Wildman–Crippen MR) is 127 cm³/mol. The molecule has 1 aromatic carbocycles. The first kappa shape index (κ1) is 20.8. The Morgan fingerprint density at radius 1 is 1.27 bits per heavy atom. The van der Waals surface area contributed by atoms with Crippen LogP contribution in [0.3, 0.4) is 0 Å². The number of aromatic amines is 1. The first-order valence-corrected chi connectivity index (χ1v) is 11.2. The summed E-state index contributed by atoms with van der Waals surface area (Å²) in [6.07, 6.45) is 17.2. The van der Waals surface area contributed by atoms with Crippen LogP contribution in [0.5, 0.6) is 0 Å². The van der Waals surface area contributed by atoms with Crippen LogP contribution in [-0.2, 0) is 6.54 Å². The van der Waals surface area contributed by atoms with Gasteiger partial charge in [0, 0.05) is 34.7 Å². The molecule has 158 valence electrons. The van der Waals surface area contributed by atoms with E-state index in [2.05, 4.69) is 70.2 Å². The number of hydrogen-bond acceptors (Lipinski definition) is 3. The Morgan fingerprint density at radius 2 is 2.20 bits per heavy atom. The highest BCUT2D eigenvalue weighted by molar-refractivity contribution is 5.85. The smallest absolute Gasteiger partial charge is 0.0694 e. The van der Waals surface area contributed by atoms with Crippen molar-refractivity contribution in [1.29, 1.82) is 0 Å². The molecule has 0 spiro atoms. The summed E-state index contributed by atoms with van der Waals surface area (Å²) in [6.45, 7) is 5.94. The highest BCUT2D eigenvalue weighted by Crippen LogP contribution is 2.26. The van der Waals surface area contributed by atoms with E-state index in [0.29, 0.717) is 6.04 Å². The fourth-order valence-electron chi connectivity index (χ4n) is 4.67. The Hall–Kier alpha value is -2.43. The fraction of sp³-hybridized carbons (Fsp3) is 0.423. The van der Waals surface area contributed by atoms with Gasteiger partial charge >= 0.3 is 0 Å². The number of aromatic nitrogens is 1.